The van der Waals surface area contributed by atoms with Crippen molar-refractivity contribution < 1.29 is 33.0 Å². The van der Waals surface area contributed by atoms with Crippen molar-refractivity contribution in [3.63, 3.8) is 0 Å². The number of hydrogen-bond acceptors (Lipinski definition) is 2. The molecule has 3 nitrogen and oxygen atoms in total. The summed E-state index contributed by atoms with van der Waals surface area (Å²) < 4.78 is 7.81. The van der Waals surface area contributed by atoms with Crippen LogP contribution in [0.5, 0.6) is 0 Å². The Kier molecular flexibility index (Phi) is 3.89. The first-order valence-electron chi connectivity index (χ1n) is 5.97. The van der Waals surface area contributed by atoms with Crippen molar-refractivity contribution >= 4 is 11.1 Å². The van der Waals surface area contributed by atoms with Crippen molar-refractivity contribution in [1.82, 2.24) is 4.98 Å². The minimum absolute atomic E-state index is 0. The van der Waals surface area contributed by atoms with Gasteiger partial charge in [-0.25, -0.2) is 9.55 Å². The lowest BCUT2D eigenvalue weighted by Crippen LogP contribution is -3.00. The summed E-state index contributed by atoms with van der Waals surface area (Å²) in [5.74, 6) is 0.672. The van der Waals surface area contributed by atoms with E-state index in [0.29, 0.717) is 5.89 Å². The Bertz CT molecular complexity index is 695. The average Bonchev–Trinajstić information content (AvgIpc) is 2.73. The van der Waals surface area contributed by atoms with E-state index < -0.39 is 0 Å². The predicted octanol–water partition coefficient (Wildman–Crippen LogP) is -0.0599. The molecule has 98 valence electrons. The number of pyridine rings is 1. The van der Waals surface area contributed by atoms with Gasteiger partial charge in [0.1, 0.15) is 18.1 Å². The van der Waals surface area contributed by atoms with Crippen LogP contribution >= 0.6 is 0 Å². The van der Waals surface area contributed by atoms with Crippen molar-refractivity contribution in [3.05, 3.63) is 47.8 Å². The highest BCUT2D eigenvalue weighted by Gasteiger charge is 2.11. The van der Waals surface area contributed by atoms with Gasteiger partial charge in [-0.2, -0.15) is 0 Å². The van der Waals surface area contributed by atoms with Gasteiger partial charge in [-0.1, -0.05) is 0 Å². The fraction of sp³-hybridized carbons (Fsp3) is 0.200. The fourth-order valence-electron chi connectivity index (χ4n) is 2.02. The van der Waals surface area contributed by atoms with Crippen molar-refractivity contribution in [2.24, 2.45) is 7.05 Å². The second kappa shape index (κ2) is 5.28. The third-order valence-electron chi connectivity index (χ3n) is 3.19. The lowest BCUT2D eigenvalue weighted by molar-refractivity contribution is -0.671. The normalized spacial score (nSPS) is 10.5. The Morgan fingerprint density at radius 3 is 2.63 bits per heavy atom. The SMILES string of the molecule is Cc1cc2nc(-c3ccc[n+](C)c3)oc2cc1C.[I-]. The van der Waals surface area contributed by atoms with Crippen molar-refractivity contribution in [1.29, 1.82) is 0 Å². The van der Waals surface area contributed by atoms with Gasteiger partial charge in [0.15, 0.2) is 18.0 Å². The van der Waals surface area contributed by atoms with E-state index in [1.165, 1.54) is 11.1 Å². The highest BCUT2D eigenvalue weighted by molar-refractivity contribution is 5.77. The number of benzene rings is 1. The molecule has 0 saturated heterocycles. The number of oxazole rings is 1. The zero-order chi connectivity index (χ0) is 12.7. The molecule has 19 heavy (non-hydrogen) atoms. The Labute approximate surface area is 129 Å². The summed E-state index contributed by atoms with van der Waals surface area (Å²) in [6.45, 7) is 4.17. The maximum atomic E-state index is 5.82. The molecule has 0 N–H and O–H groups in total. The topological polar surface area (TPSA) is 29.9 Å². The van der Waals surface area contributed by atoms with E-state index in [2.05, 4.69) is 24.9 Å². The zero-order valence-electron chi connectivity index (χ0n) is 11.1. The Morgan fingerprint density at radius 2 is 1.89 bits per heavy atom. The number of fused-ring (bicyclic) bond motifs is 1. The molecule has 0 radical (unpaired) electrons. The van der Waals surface area contributed by atoms with Crippen LogP contribution in [0.2, 0.25) is 0 Å². The lowest BCUT2D eigenvalue weighted by Gasteiger charge is -1.96. The first kappa shape index (κ1) is 14.0. The largest absolute Gasteiger partial charge is 1.00 e. The van der Waals surface area contributed by atoms with Crippen molar-refractivity contribution in [2.45, 2.75) is 13.8 Å². The summed E-state index contributed by atoms with van der Waals surface area (Å²) >= 11 is 0. The summed E-state index contributed by atoms with van der Waals surface area (Å²) in [6, 6.07) is 8.11. The van der Waals surface area contributed by atoms with Crippen LogP contribution < -0.4 is 28.5 Å². The lowest BCUT2D eigenvalue weighted by atomic mass is 10.1. The number of aromatic nitrogens is 2. The second-order valence-corrected chi connectivity index (χ2v) is 4.68. The van der Waals surface area contributed by atoms with Crippen LogP contribution in [0.15, 0.2) is 41.1 Å². The molecule has 1 aromatic carbocycles. The highest BCUT2D eigenvalue weighted by Crippen LogP contribution is 2.25. The van der Waals surface area contributed by atoms with Gasteiger partial charge < -0.3 is 28.4 Å². The smallest absolute Gasteiger partial charge is 0.233 e. The predicted molar refractivity (Wildman–Crippen MR) is 70.1 cm³/mol. The van der Waals surface area contributed by atoms with E-state index in [1.54, 1.807) is 0 Å². The molecule has 0 atom stereocenters. The maximum Gasteiger partial charge on any atom is 0.233 e. The van der Waals surface area contributed by atoms with Gasteiger partial charge in [0, 0.05) is 6.07 Å². The summed E-state index contributed by atoms with van der Waals surface area (Å²) in [4.78, 5) is 4.55. The highest BCUT2D eigenvalue weighted by atomic mass is 127. The number of hydrogen-bond donors (Lipinski definition) is 0. The molecule has 0 bridgehead atoms. The van der Waals surface area contributed by atoms with Crippen molar-refractivity contribution in [2.75, 3.05) is 0 Å². The molecule has 0 unspecified atom stereocenters. The molecule has 2 aromatic heterocycles. The van der Waals surface area contributed by atoms with Crippen LogP contribution in [0.1, 0.15) is 11.1 Å². The first-order valence-corrected chi connectivity index (χ1v) is 5.97. The van der Waals surface area contributed by atoms with E-state index in [4.69, 9.17) is 4.42 Å². The van der Waals surface area contributed by atoms with E-state index in [-0.39, 0.29) is 24.0 Å². The summed E-state index contributed by atoms with van der Waals surface area (Å²) in [5.41, 5.74) is 5.22. The molecule has 0 fully saturated rings. The Hall–Kier alpha value is -1.43. The van der Waals surface area contributed by atoms with E-state index in [1.807, 2.05) is 42.2 Å². The molecule has 0 saturated carbocycles. The molecule has 0 aliphatic rings. The zero-order valence-corrected chi connectivity index (χ0v) is 13.3. The molecule has 3 aromatic rings. The molecule has 3 rings (SSSR count). The Morgan fingerprint density at radius 1 is 1.16 bits per heavy atom. The number of aryl methyl sites for hydroxylation is 3. The van der Waals surface area contributed by atoms with Gasteiger partial charge in [-0.15, -0.1) is 0 Å². The van der Waals surface area contributed by atoms with E-state index in [9.17, 15) is 0 Å². The van der Waals surface area contributed by atoms with E-state index >= 15 is 0 Å². The second-order valence-electron chi connectivity index (χ2n) is 4.68. The van der Waals surface area contributed by atoms with Crippen LogP contribution in [0, 0.1) is 13.8 Å². The molecule has 0 spiro atoms. The molecular weight excluding hydrogens is 351 g/mol. The number of halogens is 1. The van der Waals surface area contributed by atoms with Crippen LogP contribution in [0.25, 0.3) is 22.6 Å². The van der Waals surface area contributed by atoms with Gasteiger partial charge >= 0.3 is 0 Å². The minimum Gasteiger partial charge on any atom is -1.00 e. The van der Waals surface area contributed by atoms with Gasteiger partial charge in [-0.3, -0.25) is 0 Å². The first-order chi connectivity index (χ1) is 8.63. The molecule has 2 heterocycles. The van der Waals surface area contributed by atoms with Crippen LogP contribution in [-0.4, -0.2) is 4.98 Å². The van der Waals surface area contributed by atoms with Gasteiger partial charge in [0.2, 0.25) is 5.89 Å². The van der Waals surface area contributed by atoms with Gasteiger partial charge in [0.05, 0.1) is 0 Å². The molecule has 0 aliphatic carbocycles. The van der Waals surface area contributed by atoms with Crippen LogP contribution in [0.4, 0.5) is 0 Å². The summed E-state index contributed by atoms with van der Waals surface area (Å²) in [7, 11) is 1.99. The summed E-state index contributed by atoms with van der Waals surface area (Å²) in [6.07, 6.45) is 3.99. The maximum absolute atomic E-state index is 5.82. The third kappa shape index (κ3) is 2.63. The average molecular weight is 366 g/mol. The minimum atomic E-state index is 0. The fourth-order valence-corrected chi connectivity index (χ4v) is 2.02. The molecular formula is C15H15IN2O. The van der Waals surface area contributed by atoms with Gasteiger partial charge in [-0.05, 0) is 43.2 Å². The monoisotopic (exact) mass is 366 g/mol. The third-order valence-corrected chi connectivity index (χ3v) is 3.19. The molecule has 0 aliphatic heterocycles. The van der Waals surface area contributed by atoms with Crippen molar-refractivity contribution in [3.8, 4) is 11.5 Å². The van der Waals surface area contributed by atoms with Crippen LogP contribution in [-0.2, 0) is 7.05 Å². The molecule has 4 heteroatoms. The number of rotatable bonds is 1. The quantitative estimate of drug-likeness (QED) is 0.446. The van der Waals surface area contributed by atoms with Crippen LogP contribution in [0.3, 0.4) is 0 Å². The molecule has 0 amide bonds. The summed E-state index contributed by atoms with van der Waals surface area (Å²) in [5, 5.41) is 0. The van der Waals surface area contributed by atoms with Gasteiger partial charge in [0.25, 0.3) is 0 Å². The number of nitrogens with zero attached hydrogens (tertiary/aromatic N) is 2. The van der Waals surface area contributed by atoms with E-state index in [0.717, 1.165) is 16.7 Å². The standard InChI is InChI=1S/C15H15N2O.HI/c1-10-7-13-14(8-11(10)2)18-15(16-13)12-5-4-6-17(3)9-12;/h4-9H,1-3H3;1H/q+1;/p-1. The Balaban J connectivity index is 0.00000133.